The lowest BCUT2D eigenvalue weighted by atomic mass is 9.69. The summed E-state index contributed by atoms with van der Waals surface area (Å²) < 4.78 is 0. The summed E-state index contributed by atoms with van der Waals surface area (Å²) in [4.78, 5) is 16.1. The number of aliphatic carboxylic acids is 1. The average Bonchev–Trinajstić information content (AvgIpc) is 3.67. The third-order valence-electron chi connectivity index (χ3n) is 12.1. The van der Waals surface area contributed by atoms with Gasteiger partial charge in [-0.05, 0) is 118 Å². The number of aliphatic hydroxyl groups is 3. The Hall–Kier alpha value is -2.55. The van der Waals surface area contributed by atoms with Gasteiger partial charge in [-0.1, -0.05) is 57.3 Å². The molecule has 0 aromatic carbocycles. The Morgan fingerprint density at radius 1 is 1.02 bits per heavy atom. The summed E-state index contributed by atoms with van der Waals surface area (Å²) in [5, 5.41) is 48.1. The van der Waals surface area contributed by atoms with E-state index in [4.69, 9.17) is 5.73 Å². The predicted molar refractivity (Wildman–Crippen MR) is 186 cm³/mol. The van der Waals surface area contributed by atoms with E-state index in [0.717, 1.165) is 63.5 Å². The van der Waals surface area contributed by atoms with Crippen LogP contribution in [0.2, 0.25) is 0 Å². The SMILES string of the molecule is CCCCCC1C=CC(CCCCC2CCC(c3ccc[nH]3)C3CC(CC4=CCNC(N)=C4)CC3(O)CCC(O)C2C(=O)O)C(O)C1. The number of carbonyl (C=O) groups is 1. The Balaban J connectivity index is 1.25. The topological polar surface area (TPSA) is 152 Å². The molecule has 10 atom stereocenters. The minimum absolute atomic E-state index is 0.0226. The molecule has 8 N–H and O–H groups in total. The minimum Gasteiger partial charge on any atom is -0.481 e. The van der Waals surface area contributed by atoms with Gasteiger partial charge in [0, 0.05) is 30.3 Å². The highest BCUT2D eigenvalue weighted by Gasteiger charge is 2.51. The van der Waals surface area contributed by atoms with Gasteiger partial charge in [-0.25, -0.2) is 0 Å². The molecule has 4 aliphatic rings. The molecule has 0 radical (unpaired) electrons. The molecule has 5 rings (SSSR count). The van der Waals surface area contributed by atoms with Gasteiger partial charge in [-0.15, -0.1) is 0 Å². The van der Waals surface area contributed by atoms with Crippen LogP contribution in [-0.4, -0.2) is 55.7 Å². The van der Waals surface area contributed by atoms with Gasteiger partial charge in [-0.2, -0.15) is 0 Å². The number of allylic oxidation sites excluding steroid dienone is 3. The number of aliphatic hydroxyl groups excluding tert-OH is 2. The summed E-state index contributed by atoms with van der Waals surface area (Å²) >= 11 is 0. The van der Waals surface area contributed by atoms with Crippen LogP contribution < -0.4 is 11.1 Å². The quantitative estimate of drug-likeness (QED) is 0.0947. The molecule has 1 aliphatic heterocycles. The maximum Gasteiger partial charge on any atom is 0.309 e. The normalized spacial score (nSPS) is 36.2. The molecule has 1 aromatic rings. The molecule has 0 spiro atoms. The van der Waals surface area contributed by atoms with Crippen molar-refractivity contribution in [1.82, 2.24) is 10.3 Å². The zero-order chi connectivity index (χ0) is 33.4. The van der Waals surface area contributed by atoms with Gasteiger partial charge in [-0.3, -0.25) is 4.79 Å². The van der Waals surface area contributed by atoms with E-state index in [0.29, 0.717) is 37.5 Å². The molecular weight excluding hydrogens is 590 g/mol. The average molecular weight is 652 g/mol. The van der Waals surface area contributed by atoms with Gasteiger partial charge in [0.1, 0.15) is 0 Å². The molecule has 1 aromatic heterocycles. The fourth-order valence-electron chi connectivity index (χ4n) is 9.62. The van der Waals surface area contributed by atoms with Crippen LogP contribution in [0.3, 0.4) is 0 Å². The molecule has 8 nitrogen and oxygen atoms in total. The largest absolute Gasteiger partial charge is 0.481 e. The molecule has 0 amide bonds. The maximum atomic E-state index is 12.7. The van der Waals surface area contributed by atoms with Crippen molar-refractivity contribution < 1.29 is 25.2 Å². The number of unbranched alkanes of at least 4 members (excludes halogenated alkanes) is 3. The van der Waals surface area contributed by atoms with E-state index in [2.05, 4.69) is 41.5 Å². The zero-order valence-corrected chi connectivity index (χ0v) is 28.5. The zero-order valence-electron chi connectivity index (χ0n) is 28.5. The molecule has 2 saturated carbocycles. The fourth-order valence-corrected chi connectivity index (χ4v) is 9.62. The second-order valence-corrected chi connectivity index (χ2v) is 15.4. The lowest BCUT2D eigenvalue weighted by molar-refractivity contribution is -0.150. The summed E-state index contributed by atoms with van der Waals surface area (Å²) in [5.41, 5.74) is 7.38. The van der Waals surface area contributed by atoms with Crippen molar-refractivity contribution in [1.29, 1.82) is 0 Å². The first kappa shape index (κ1) is 35.7. The number of aromatic nitrogens is 1. The first-order valence-corrected chi connectivity index (χ1v) is 18.7. The van der Waals surface area contributed by atoms with Crippen molar-refractivity contribution in [2.45, 2.75) is 133 Å². The van der Waals surface area contributed by atoms with Crippen molar-refractivity contribution in [2.24, 2.45) is 41.2 Å². The number of dihydropyridines is 1. The second kappa shape index (κ2) is 16.7. The van der Waals surface area contributed by atoms with Crippen LogP contribution in [0.25, 0.3) is 0 Å². The number of aromatic amines is 1. The molecule has 0 bridgehead atoms. The second-order valence-electron chi connectivity index (χ2n) is 15.4. The lowest BCUT2D eigenvalue weighted by Crippen LogP contribution is -2.42. The van der Waals surface area contributed by atoms with Crippen molar-refractivity contribution in [3.8, 4) is 0 Å². The van der Waals surface area contributed by atoms with E-state index >= 15 is 0 Å². The number of rotatable bonds is 13. The highest BCUT2D eigenvalue weighted by molar-refractivity contribution is 5.71. The van der Waals surface area contributed by atoms with Crippen molar-refractivity contribution >= 4 is 5.97 Å². The summed E-state index contributed by atoms with van der Waals surface area (Å²) in [7, 11) is 0. The van der Waals surface area contributed by atoms with Crippen molar-refractivity contribution in [2.75, 3.05) is 6.54 Å². The molecule has 2 heterocycles. The first-order valence-electron chi connectivity index (χ1n) is 18.7. The third-order valence-corrected chi connectivity index (χ3v) is 12.1. The van der Waals surface area contributed by atoms with E-state index in [9.17, 15) is 25.2 Å². The van der Waals surface area contributed by atoms with Crippen LogP contribution in [0.5, 0.6) is 0 Å². The molecule has 0 saturated heterocycles. The number of nitrogens with two attached hydrogens (primary N) is 1. The minimum atomic E-state index is -0.995. The fraction of sp³-hybridized carbons (Fsp3) is 0.718. The number of carboxylic acids is 1. The number of hydrogen-bond donors (Lipinski definition) is 7. The number of hydrogen-bond acceptors (Lipinski definition) is 6. The molecule has 47 heavy (non-hydrogen) atoms. The van der Waals surface area contributed by atoms with Crippen LogP contribution in [0, 0.1) is 35.5 Å². The van der Waals surface area contributed by atoms with E-state index in [-0.39, 0.29) is 42.1 Å². The van der Waals surface area contributed by atoms with Crippen LogP contribution in [0.4, 0.5) is 0 Å². The Morgan fingerprint density at radius 2 is 1.83 bits per heavy atom. The van der Waals surface area contributed by atoms with Crippen molar-refractivity contribution in [3.05, 3.63) is 59.7 Å². The third kappa shape index (κ3) is 9.33. The van der Waals surface area contributed by atoms with Gasteiger partial charge < -0.3 is 36.5 Å². The van der Waals surface area contributed by atoms with E-state index in [1.54, 1.807) is 0 Å². The van der Waals surface area contributed by atoms with Crippen LogP contribution in [0.1, 0.15) is 121 Å². The first-order chi connectivity index (χ1) is 22.7. The maximum absolute atomic E-state index is 12.7. The Bertz CT molecular complexity index is 1230. The summed E-state index contributed by atoms with van der Waals surface area (Å²) in [6.07, 6.45) is 23.0. The molecule has 262 valence electrons. The van der Waals surface area contributed by atoms with Crippen LogP contribution in [-0.2, 0) is 4.79 Å². The van der Waals surface area contributed by atoms with E-state index in [1.807, 2.05) is 18.3 Å². The van der Waals surface area contributed by atoms with Crippen LogP contribution >= 0.6 is 0 Å². The molecule has 8 heteroatoms. The summed E-state index contributed by atoms with van der Waals surface area (Å²) in [6, 6.07) is 4.12. The van der Waals surface area contributed by atoms with Gasteiger partial charge in [0.2, 0.25) is 0 Å². The van der Waals surface area contributed by atoms with E-state index in [1.165, 1.54) is 24.8 Å². The van der Waals surface area contributed by atoms with Gasteiger partial charge >= 0.3 is 5.97 Å². The Morgan fingerprint density at radius 3 is 2.55 bits per heavy atom. The number of nitrogens with one attached hydrogen (secondary N) is 2. The lowest BCUT2D eigenvalue weighted by Gasteiger charge is -2.39. The summed E-state index contributed by atoms with van der Waals surface area (Å²) in [6.45, 7) is 2.93. The standard InChI is InChI=1S/C39H61N3O5/c1-2-3-4-8-26-12-13-29(35(44)23-26)9-5-6-10-30-14-15-31(33-11-7-19-41-33)32-22-28(21-27-17-20-42-36(40)24-27)25-39(32,47)18-16-34(43)37(30)38(45)46/h7,11-13,17,19,24,26,28-32,34-35,37,41-44,47H,2-6,8-10,14-16,18,20-23,25,40H2,1H3,(H,45,46). The number of H-pyrrole nitrogens is 1. The predicted octanol–water partition coefficient (Wildman–Crippen LogP) is 6.52. The van der Waals surface area contributed by atoms with Crippen LogP contribution in [0.15, 0.2) is 54.0 Å². The summed E-state index contributed by atoms with van der Waals surface area (Å²) in [5.74, 6) is -0.220. The van der Waals surface area contributed by atoms with Gasteiger partial charge in [0.25, 0.3) is 0 Å². The molecule has 10 unspecified atom stereocenters. The Labute approximate surface area is 282 Å². The Kier molecular flexibility index (Phi) is 12.7. The van der Waals surface area contributed by atoms with Gasteiger partial charge in [0.05, 0.1) is 29.5 Å². The molecule has 3 aliphatic carbocycles. The molecule has 2 fully saturated rings. The van der Waals surface area contributed by atoms with Crippen molar-refractivity contribution in [3.63, 3.8) is 0 Å². The number of carboxylic acid groups (broad SMARTS) is 1. The highest BCUT2D eigenvalue weighted by Crippen LogP contribution is 2.53. The number of fused-ring (bicyclic) bond motifs is 1. The van der Waals surface area contributed by atoms with E-state index < -0.39 is 23.6 Å². The smallest absolute Gasteiger partial charge is 0.309 e. The highest BCUT2D eigenvalue weighted by atomic mass is 16.4. The monoisotopic (exact) mass is 651 g/mol. The van der Waals surface area contributed by atoms with Gasteiger partial charge in [0.15, 0.2) is 0 Å². The molecular formula is C39H61N3O5.